The second-order valence-corrected chi connectivity index (χ2v) is 3.79. The van der Waals surface area contributed by atoms with E-state index < -0.39 is 0 Å². The standard InChI is InChI=1S/C14H20O2/c1-2-3-4-5-6-10-16-14-9-7-8-13(11-14)12-15/h2,7-9,11,15H,1,3-6,10,12H2. The van der Waals surface area contributed by atoms with Crippen molar-refractivity contribution < 1.29 is 9.84 Å². The van der Waals surface area contributed by atoms with E-state index in [2.05, 4.69) is 6.58 Å². The van der Waals surface area contributed by atoms with Crippen LogP contribution in [0.4, 0.5) is 0 Å². The third-order valence-electron chi connectivity index (χ3n) is 2.40. The van der Waals surface area contributed by atoms with Crippen molar-refractivity contribution in [3.8, 4) is 5.75 Å². The molecule has 0 heterocycles. The zero-order chi connectivity index (χ0) is 11.6. The summed E-state index contributed by atoms with van der Waals surface area (Å²) in [5.74, 6) is 0.843. The molecule has 0 unspecified atom stereocenters. The molecule has 0 fully saturated rings. The van der Waals surface area contributed by atoms with E-state index >= 15 is 0 Å². The summed E-state index contributed by atoms with van der Waals surface area (Å²) in [5.41, 5.74) is 0.893. The Kier molecular flexibility index (Phi) is 6.35. The molecule has 0 atom stereocenters. The first-order chi connectivity index (χ1) is 7.86. The number of rotatable bonds is 8. The molecule has 0 spiro atoms. The third kappa shape index (κ3) is 4.99. The van der Waals surface area contributed by atoms with E-state index in [4.69, 9.17) is 9.84 Å². The molecule has 0 aliphatic carbocycles. The second-order valence-electron chi connectivity index (χ2n) is 3.79. The van der Waals surface area contributed by atoms with Crippen molar-refractivity contribution in [1.82, 2.24) is 0 Å². The highest BCUT2D eigenvalue weighted by Crippen LogP contribution is 2.13. The van der Waals surface area contributed by atoms with Gasteiger partial charge in [-0.2, -0.15) is 0 Å². The zero-order valence-corrected chi connectivity index (χ0v) is 9.69. The molecule has 16 heavy (non-hydrogen) atoms. The summed E-state index contributed by atoms with van der Waals surface area (Å²) in [6, 6.07) is 7.59. The van der Waals surface area contributed by atoms with Gasteiger partial charge in [0.05, 0.1) is 13.2 Å². The fourth-order valence-corrected chi connectivity index (χ4v) is 1.49. The van der Waals surface area contributed by atoms with Gasteiger partial charge in [0.15, 0.2) is 0 Å². The van der Waals surface area contributed by atoms with Crippen molar-refractivity contribution in [2.75, 3.05) is 6.61 Å². The van der Waals surface area contributed by atoms with Crippen LogP contribution in [0.3, 0.4) is 0 Å². The molecule has 0 aliphatic rings. The van der Waals surface area contributed by atoms with E-state index in [1.54, 1.807) is 0 Å². The van der Waals surface area contributed by atoms with Gasteiger partial charge < -0.3 is 9.84 Å². The van der Waals surface area contributed by atoms with Gasteiger partial charge in [-0.3, -0.25) is 0 Å². The van der Waals surface area contributed by atoms with Crippen LogP contribution in [-0.4, -0.2) is 11.7 Å². The Bertz CT molecular complexity index is 307. The summed E-state index contributed by atoms with van der Waals surface area (Å²) in [4.78, 5) is 0. The van der Waals surface area contributed by atoms with Gasteiger partial charge in [-0.25, -0.2) is 0 Å². The average molecular weight is 220 g/mol. The predicted molar refractivity (Wildman–Crippen MR) is 66.5 cm³/mol. The molecular formula is C14H20O2. The van der Waals surface area contributed by atoms with E-state index in [9.17, 15) is 0 Å². The SMILES string of the molecule is C=CCCCCCOc1cccc(CO)c1. The van der Waals surface area contributed by atoms with E-state index in [-0.39, 0.29) is 6.61 Å². The van der Waals surface area contributed by atoms with Crippen molar-refractivity contribution in [1.29, 1.82) is 0 Å². The molecule has 2 heteroatoms. The number of benzene rings is 1. The van der Waals surface area contributed by atoms with E-state index in [1.807, 2.05) is 30.3 Å². The zero-order valence-electron chi connectivity index (χ0n) is 9.69. The highest BCUT2D eigenvalue weighted by Gasteiger charge is 1.95. The van der Waals surface area contributed by atoms with Gasteiger partial charge in [-0.15, -0.1) is 6.58 Å². The molecule has 88 valence electrons. The first-order valence-electron chi connectivity index (χ1n) is 5.80. The lowest BCUT2D eigenvalue weighted by Crippen LogP contribution is -1.97. The molecule has 0 radical (unpaired) electrons. The Balaban J connectivity index is 2.18. The fraction of sp³-hybridized carbons (Fsp3) is 0.429. The number of unbranched alkanes of at least 4 members (excludes halogenated alkanes) is 3. The minimum atomic E-state index is 0.0660. The number of ether oxygens (including phenoxy) is 1. The Hall–Kier alpha value is -1.28. The molecule has 0 saturated heterocycles. The fourth-order valence-electron chi connectivity index (χ4n) is 1.49. The van der Waals surface area contributed by atoms with Crippen molar-refractivity contribution in [3.05, 3.63) is 42.5 Å². The summed E-state index contributed by atoms with van der Waals surface area (Å²) in [7, 11) is 0. The molecule has 1 rings (SSSR count). The third-order valence-corrected chi connectivity index (χ3v) is 2.40. The largest absolute Gasteiger partial charge is 0.494 e. The smallest absolute Gasteiger partial charge is 0.119 e. The van der Waals surface area contributed by atoms with Crippen molar-refractivity contribution in [2.45, 2.75) is 32.3 Å². The number of aliphatic hydroxyl groups is 1. The number of allylic oxidation sites excluding steroid dienone is 1. The normalized spacial score (nSPS) is 10.1. The number of hydrogen-bond donors (Lipinski definition) is 1. The maximum absolute atomic E-state index is 8.97. The van der Waals surface area contributed by atoms with Gasteiger partial charge >= 0.3 is 0 Å². The predicted octanol–water partition coefficient (Wildman–Crippen LogP) is 3.30. The van der Waals surface area contributed by atoms with Gasteiger partial charge in [0, 0.05) is 0 Å². The van der Waals surface area contributed by atoms with Crippen molar-refractivity contribution in [2.24, 2.45) is 0 Å². The van der Waals surface area contributed by atoms with Gasteiger partial charge in [0.25, 0.3) is 0 Å². The van der Waals surface area contributed by atoms with Crippen LogP contribution in [0, 0.1) is 0 Å². The first-order valence-corrected chi connectivity index (χ1v) is 5.80. The van der Waals surface area contributed by atoms with Crippen LogP contribution in [0.15, 0.2) is 36.9 Å². The van der Waals surface area contributed by atoms with Crippen LogP contribution in [0.5, 0.6) is 5.75 Å². The molecule has 1 aromatic carbocycles. The molecule has 0 saturated carbocycles. The first kappa shape index (κ1) is 12.8. The van der Waals surface area contributed by atoms with Gasteiger partial charge in [0.2, 0.25) is 0 Å². The van der Waals surface area contributed by atoms with Crippen molar-refractivity contribution >= 4 is 0 Å². The van der Waals surface area contributed by atoms with Crippen LogP contribution < -0.4 is 4.74 Å². The number of aliphatic hydroxyl groups excluding tert-OH is 1. The van der Waals surface area contributed by atoms with E-state index in [0.29, 0.717) is 0 Å². The number of hydrogen-bond acceptors (Lipinski definition) is 2. The quantitative estimate of drug-likeness (QED) is 0.538. The highest BCUT2D eigenvalue weighted by molar-refractivity contribution is 5.27. The maximum Gasteiger partial charge on any atom is 0.119 e. The van der Waals surface area contributed by atoms with Crippen LogP contribution in [0.25, 0.3) is 0 Å². The minimum Gasteiger partial charge on any atom is -0.494 e. The maximum atomic E-state index is 8.97. The van der Waals surface area contributed by atoms with Crippen LogP contribution >= 0.6 is 0 Å². The molecule has 0 aliphatic heterocycles. The Morgan fingerprint density at radius 2 is 2.12 bits per heavy atom. The summed E-state index contributed by atoms with van der Waals surface area (Å²) in [5, 5.41) is 8.97. The summed E-state index contributed by atoms with van der Waals surface area (Å²) >= 11 is 0. The summed E-state index contributed by atoms with van der Waals surface area (Å²) in [6.45, 7) is 4.50. The van der Waals surface area contributed by atoms with Gasteiger partial charge in [0.1, 0.15) is 5.75 Å². The summed E-state index contributed by atoms with van der Waals surface area (Å²) < 4.78 is 5.59. The van der Waals surface area contributed by atoms with E-state index in [1.165, 1.54) is 12.8 Å². The monoisotopic (exact) mass is 220 g/mol. The van der Waals surface area contributed by atoms with Crippen LogP contribution in [0.1, 0.15) is 31.2 Å². The Morgan fingerprint density at radius 1 is 1.25 bits per heavy atom. The Labute approximate surface area is 97.6 Å². The minimum absolute atomic E-state index is 0.0660. The van der Waals surface area contributed by atoms with Gasteiger partial charge in [-0.05, 0) is 43.4 Å². The lowest BCUT2D eigenvalue weighted by atomic mass is 10.2. The van der Waals surface area contributed by atoms with E-state index in [0.717, 1.165) is 30.8 Å². The van der Waals surface area contributed by atoms with Gasteiger partial charge in [-0.1, -0.05) is 18.2 Å². The van der Waals surface area contributed by atoms with Crippen LogP contribution in [0.2, 0.25) is 0 Å². The second kappa shape index (κ2) is 7.94. The van der Waals surface area contributed by atoms with Crippen LogP contribution in [-0.2, 0) is 6.61 Å². The summed E-state index contributed by atoms with van der Waals surface area (Å²) in [6.07, 6.45) is 6.46. The Morgan fingerprint density at radius 3 is 2.88 bits per heavy atom. The highest BCUT2D eigenvalue weighted by atomic mass is 16.5. The molecule has 0 bridgehead atoms. The molecule has 0 aromatic heterocycles. The molecule has 2 nitrogen and oxygen atoms in total. The molecule has 1 N–H and O–H groups in total. The molecule has 1 aromatic rings. The lowest BCUT2D eigenvalue weighted by Gasteiger charge is -2.06. The van der Waals surface area contributed by atoms with Crippen molar-refractivity contribution in [3.63, 3.8) is 0 Å². The molecule has 0 amide bonds. The lowest BCUT2D eigenvalue weighted by molar-refractivity contribution is 0.278. The molecular weight excluding hydrogens is 200 g/mol. The topological polar surface area (TPSA) is 29.5 Å². The average Bonchev–Trinajstić information content (AvgIpc) is 2.34.